The van der Waals surface area contributed by atoms with E-state index >= 15 is 0 Å². The van der Waals surface area contributed by atoms with Crippen LogP contribution < -0.4 is 10.6 Å². The van der Waals surface area contributed by atoms with Crippen LogP contribution in [-0.4, -0.2) is 44.8 Å². The van der Waals surface area contributed by atoms with Crippen molar-refractivity contribution in [1.82, 2.24) is 10.6 Å². The lowest BCUT2D eigenvalue weighted by atomic mass is 10.0. The summed E-state index contributed by atoms with van der Waals surface area (Å²) in [5, 5.41) is 6.71. The van der Waals surface area contributed by atoms with Crippen LogP contribution in [0.25, 0.3) is 0 Å². The lowest BCUT2D eigenvalue weighted by Crippen LogP contribution is -2.44. The van der Waals surface area contributed by atoms with Gasteiger partial charge in [0, 0.05) is 24.0 Å². The van der Waals surface area contributed by atoms with E-state index in [0.717, 1.165) is 12.1 Å². The van der Waals surface area contributed by atoms with Gasteiger partial charge in [0.2, 0.25) is 5.91 Å². The number of esters is 1. The van der Waals surface area contributed by atoms with Crippen LogP contribution in [0.4, 0.5) is 0 Å². The van der Waals surface area contributed by atoms with E-state index in [9.17, 15) is 9.59 Å². The first-order chi connectivity index (χ1) is 11.1. The summed E-state index contributed by atoms with van der Waals surface area (Å²) in [5.41, 5.74) is 0.806. The van der Waals surface area contributed by atoms with Crippen LogP contribution >= 0.6 is 11.6 Å². The number of amides is 1. The number of hydrogen-bond donors (Lipinski definition) is 2. The molecule has 2 rings (SSSR count). The van der Waals surface area contributed by atoms with E-state index in [1.54, 1.807) is 24.3 Å². The number of hydrogen-bond acceptors (Lipinski definition) is 5. The molecule has 7 heteroatoms. The maximum atomic E-state index is 12.2. The van der Waals surface area contributed by atoms with Crippen LogP contribution in [0.5, 0.6) is 0 Å². The molecule has 126 valence electrons. The average molecular weight is 341 g/mol. The molecule has 1 saturated heterocycles. The van der Waals surface area contributed by atoms with E-state index in [0.29, 0.717) is 24.7 Å². The van der Waals surface area contributed by atoms with Gasteiger partial charge in [-0.15, -0.1) is 0 Å². The zero-order valence-electron chi connectivity index (χ0n) is 13.0. The Hall–Kier alpha value is -1.63. The Morgan fingerprint density at radius 2 is 2.17 bits per heavy atom. The summed E-state index contributed by atoms with van der Waals surface area (Å²) in [6.45, 7) is 1.91. The molecule has 1 heterocycles. The first kappa shape index (κ1) is 17.7. The Morgan fingerprint density at radius 3 is 2.78 bits per heavy atom. The fraction of sp³-hybridized carbons (Fsp3) is 0.500. The number of benzene rings is 1. The molecule has 1 fully saturated rings. The summed E-state index contributed by atoms with van der Waals surface area (Å²) in [6.07, 6.45) is 0.365. The largest absolute Gasteiger partial charge is 0.469 e. The molecule has 0 bridgehead atoms. The quantitative estimate of drug-likeness (QED) is 0.766. The van der Waals surface area contributed by atoms with E-state index < -0.39 is 6.04 Å². The maximum absolute atomic E-state index is 12.2. The van der Waals surface area contributed by atoms with E-state index in [2.05, 4.69) is 10.6 Å². The Balaban J connectivity index is 1.99. The number of morpholine rings is 1. The minimum Gasteiger partial charge on any atom is -0.469 e. The van der Waals surface area contributed by atoms with Gasteiger partial charge >= 0.3 is 5.97 Å². The van der Waals surface area contributed by atoms with Crippen molar-refractivity contribution in [2.24, 2.45) is 0 Å². The van der Waals surface area contributed by atoms with E-state index in [4.69, 9.17) is 21.1 Å². The molecule has 6 nitrogen and oxygen atoms in total. The smallest absolute Gasteiger partial charge is 0.307 e. The van der Waals surface area contributed by atoms with Crippen molar-refractivity contribution in [1.29, 1.82) is 0 Å². The fourth-order valence-corrected chi connectivity index (χ4v) is 2.55. The van der Waals surface area contributed by atoms with Crippen molar-refractivity contribution in [3.63, 3.8) is 0 Å². The second-order valence-corrected chi connectivity index (χ2v) is 5.82. The molecule has 23 heavy (non-hydrogen) atoms. The van der Waals surface area contributed by atoms with Crippen molar-refractivity contribution in [3.05, 3.63) is 34.9 Å². The van der Waals surface area contributed by atoms with Gasteiger partial charge in [-0.2, -0.15) is 0 Å². The van der Waals surface area contributed by atoms with Gasteiger partial charge in [0.25, 0.3) is 0 Å². The molecule has 0 aromatic heterocycles. The van der Waals surface area contributed by atoms with Crippen molar-refractivity contribution >= 4 is 23.5 Å². The van der Waals surface area contributed by atoms with Crippen LogP contribution in [0, 0.1) is 0 Å². The molecule has 1 aromatic rings. The van der Waals surface area contributed by atoms with Gasteiger partial charge in [0.15, 0.2) is 0 Å². The molecule has 1 aliphatic heterocycles. The maximum Gasteiger partial charge on any atom is 0.307 e. The average Bonchev–Trinajstić information content (AvgIpc) is 2.55. The van der Waals surface area contributed by atoms with Gasteiger partial charge in [-0.3, -0.25) is 9.59 Å². The zero-order chi connectivity index (χ0) is 16.7. The van der Waals surface area contributed by atoms with E-state index in [-0.39, 0.29) is 24.3 Å². The minimum atomic E-state index is -0.447. The van der Waals surface area contributed by atoms with Gasteiger partial charge in [0.05, 0.1) is 32.8 Å². The van der Waals surface area contributed by atoms with Crippen molar-refractivity contribution < 1.29 is 19.1 Å². The third-order valence-corrected chi connectivity index (χ3v) is 3.89. The van der Waals surface area contributed by atoms with Gasteiger partial charge in [-0.25, -0.2) is 0 Å². The second kappa shape index (κ2) is 8.86. The number of rotatable bonds is 6. The standard InChI is InChI=1S/C16H21ClN2O4/c1-22-16(21)9-14(11-2-4-12(17)5-3-11)19-15(20)8-13-10-23-7-6-18-13/h2-5,13-14,18H,6-10H2,1H3,(H,19,20)/t13?,14-/m0/s1. The Bertz CT molecular complexity index is 529. The molecule has 1 aromatic carbocycles. The first-order valence-corrected chi connectivity index (χ1v) is 7.89. The van der Waals surface area contributed by atoms with Crippen molar-refractivity contribution in [2.75, 3.05) is 26.9 Å². The summed E-state index contributed by atoms with van der Waals surface area (Å²) >= 11 is 5.88. The number of methoxy groups -OCH3 is 1. The number of halogens is 1. The summed E-state index contributed by atoms with van der Waals surface area (Å²) in [4.78, 5) is 23.8. The highest BCUT2D eigenvalue weighted by Crippen LogP contribution is 2.20. The lowest BCUT2D eigenvalue weighted by molar-refractivity contribution is -0.141. The third-order valence-electron chi connectivity index (χ3n) is 3.64. The molecule has 1 amide bonds. The normalized spacial score (nSPS) is 19.0. The predicted octanol–water partition coefficient (Wildman–Crippen LogP) is 1.44. The molecular weight excluding hydrogens is 320 g/mol. The SMILES string of the molecule is COC(=O)C[C@H](NC(=O)CC1COCCN1)c1ccc(Cl)cc1. The number of carbonyl (C=O) groups is 2. The van der Waals surface area contributed by atoms with Crippen LogP contribution in [0.15, 0.2) is 24.3 Å². The van der Waals surface area contributed by atoms with Gasteiger partial charge in [0.1, 0.15) is 0 Å². The van der Waals surface area contributed by atoms with Crippen LogP contribution in [-0.2, 0) is 19.1 Å². The van der Waals surface area contributed by atoms with Crippen LogP contribution in [0.2, 0.25) is 5.02 Å². The highest BCUT2D eigenvalue weighted by Gasteiger charge is 2.22. The molecule has 1 aliphatic rings. The van der Waals surface area contributed by atoms with Gasteiger partial charge in [-0.1, -0.05) is 23.7 Å². The van der Waals surface area contributed by atoms with E-state index in [1.165, 1.54) is 7.11 Å². The number of carbonyl (C=O) groups excluding carboxylic acids is 2. The number of ether oxygens (including phenoxy) is 2. The topological polar surface area (TPSA) is 76.7 Å². The predicted molar refractivity (Wildman–Crippen MR) is 86.2 cm³/mol. The van der Waals surface area contributed by atoms with Crippen molar-refractivity contribution in [3.8, 4) is 0 Å². The molecule has 0 saturated carbocycles. The van der Waals surface area contributed by atoms with Gasteiger partial charge < -0.3 is 20.1 Å². The second-order valence-electron chi connectivity index (χ2n) is 5.38. The summed E-state index contributed by atoms with van der Waals surface area (Å²) < 4.78 is 10.0. The van der Waals surface area contributed by atoms with Crippen LogP contribution in [0.3, 0.4) is 0 Å². The van der Waals surface area contributed by atoms with Gasteiger partial charge in [-0.05, 0) is 17.7 Å². The molecular formula is C16H21ClN2O4. The monoisotopic (exact) mass is 340 g/mol. The fourth-order valence-electron chi connectivity index (χ4n) is 2.43. The molecule has 0 spiro atoms. The molecule has 0 radical (unpaired) electrons. The summed E-state index contributed by atoms with van der Waals surface area (Å²) in [5.74, 6) is -0.527. The van der Waals surface area contributed by atoms with E-state index in [1.807, 2.05) is 0 Å². The first-order valence-electron chi connectivity index (χ1n) is 7.51. The summed E-state index contributed by atoms with van der Waals surface area (Å²) in [7, 11) is 1.33. The highest BCUT2D eigenvalue weighted by molar-refractivity contribution is 6.30. The Kier molecular flexibility index (Phi) is 6.83. The molecule has 2 N–H and O–H groups in total. The van der Waals surface area contributed by atoms with Crippen LogP contribution in [0.1, 0.15) is 24.4 Å². The lowest BCUT2D eigenvalue weighted by Gasteiger charge is -2.25. The Labute approximate surface area is 140 Å². The van der Waals surface area contributed by atoms with Crippen molar-refractivity contribution in [2.45, 2.75) is 24.9 Å². The molecule has 2 atom stereocenters. The number of nitrogens with one attached hydrogen (secondary N) is 2. The zero-order valence-corrected chi connectivity index (χ0v) is 13.8. The highest BCUT2D eigenvalue weighted by atomic mass is 35.5. The minimum absolute atomic E-state index is 0.00672. The summed E-state index contributed by atoms with van der Waals surface area (Å²) in [6, 6.07) is 6.58. The third kappa shape index (κ3) is 5.82. The molecule has 0 aliphatic carbocycles. The molecule has 1 unspecified atom stereocenters. The Morgan fingerprint density at radius 1 is 1.43 bits per heavy atom.